The fourth-order valence-corrected chi connectivity index (χ4v) is 2.50. The molecule has 2 atom stereocenters. The maximum absolute atomic E-state index is 4.20. The minimum absolute atomic E-state index is 0.654. The molecule has 2 unspecified atom stereocenters. The van der Waals surface area contributed by atoms with E-state index in [1.54, 1.807) is 0 Å². The van der Waals surface area contributed by atoms with E-state index in [0.29, 0.717) is 12.1 Å². The van der Waals surface area contributed by atoms with E-state index in [9.17, 15) is 0 Å². The number of aromatic nitrogens is 2. The van der Waals surface area contributed by atoms with E-state index in [4.69, 9.17) is 0 Å². The Balaban J connectivity index is 1.82. The zero-order valence-corrected chi connectivity index (χ0v) is 11.2. The molecule has 1 aromatic rings. The molecule has 0 saturated carbocycles. The topological polar surface area (TPSA) is 33.1 Å². The lowest BCUT2D eigenvalue weighted by Gasteiger charge is -2.35. The zero-order valence-electron chi connectivity index (χ0n) is 11.2. The lowest BCUT2D eigenvalue weighted by Crippen LogP contribution is -2.45. The van der Waals surface area contributed by atoms with Gasteiger partial charge in [0.05, 0.1) is 12.0 Å². The van der Waals surface area contributed by atoms with Crippen LogP contribution in [0.25, 0.3) is 0 Å². The van der Waals surface area contributed by atoms with Gasteiger partial charge in [-0.25, -0.2) is 4.98 Å². The molecule has 0 bridgehead atoms. The summed E-state index contributed by atoms with van der Waals surface area (Å²) in [6, 6.07) is 1.35. The monoisotopic (exact) mass is 236 g/mol. The highest BCUT2D eigenvalue weighted by Gasteiger charge is 2.22. The number of hydrogen-bond donors (Lipinski definition) is 1. The van der Waals surface area contributed by atoms with Crippen LogP contribution in [-0.2, 0) is 13.1 Å². The van der Waals surface area contributed by atoms with Crippen molar-refractivity contribution in [2.75, 3.05) is 13.6 Å². The van der Waals surface area contributed by atoms with Crippen molar-refractivity contribution in [1.82, 2.24) is 19.8 Å². The molecule has 1 aromatic heterocycles. The van der Waals surface area contributed by atoms with Crippen LogP contribution in [0.3, 0.4) is 0 Å². The Hall–Kier alpha value is -0.870. The zero-order chi connectivity index (χ0) is 12.3. The Kier molecular flexibility index (Phi) is 4.18. The summed E-state index contributed by atoms with van der Waals surface area (Å²) < 4.78 is 2.20. The summed E-state index contributed by atoms with van der Waals surface area (Å²) in [6.45, 7) is 7.61. The van der Waals surface area contributed by atoms with E-state index in [2.05, 4.69) is 40.7 Å². The van der Waals surface area contributed by atoms with Crippen LogP contribution in [0.2, 0.25) is 0 Å². The van der Waals surface area contributed by atoms with Gasteiger partial charge < -0.3 is 14.8 Å². The number of aryl methyl sites for hydroxylation is 1. The Morgan fingerprint density at radius 3 is 3.06 bits per heavy atom. The third-order valence-electron chi connectivity index (χ3n) is 3.92. The van der Waals surface area contributed by atoms with Crippen molar-refractivity contribution < 1.29 is 0 Å². The van der Waals surface area contributed by atoms with Crippen LogP contribution >= 0.6 is 0 Å². The van der Waals surface area contributed by atoms with E-state index in [1.807, 2.05) is 12.5 Å². The Morgan fingerprint density at radius 2 is 2.35 bits per heavy atom. The fraction of sp³-hybridized carbons (Fsp3) is 0.769. The molecular weight excluding hydrogens is 212 g/mol. The van der Waals surface area contributed by atoms with E-state index in [1.165, 1.54) is 25.1 Å². The summed E-state index contributed by atoms with van der Waals surface area (Å²) in [6.07, 6.45) is 6.38. The van der Waals surface area contributed by atoms with E-state index in [-0.39, 0.29) is 0 Å². The molecule has 0 aromatic carbocycles. The molecule has 0 amide bonds. The highest BCUT2D eigenvalue weighted by Crippen LogP contribution is 2.15. The quantitative estimate of drug-likeness (QED) is 0.859. The minimum Gasteiger partial charge on any atom is -0.334 e. The van der Waals surface area contributed by atoms with Crippen molar-refractivity contribution in [2.24, 2.45) is 0 Å². The molecule has 1 aliphatic rings. The van der Waals surface area contributed by atoms with Crippen LogP contribution in [0.1, 0.15) is 32.4 Å². The van der Waals surface area contributed by atoms with Crippen molar-refractivity contribution in [2.45, 2.75) is 51.9 Å². The first-order valence-corrected chi connectivity index (χ1v) is 6.63. The van der Waals surface area contributed by atoms with Gasteiger partial charge in [0.15, 0.2) is 0 Å². The smallest absolute Gasteiger partial charge is 0.0948 e. The van der Waals surface area contributed by atoms with Gasteiger partial charge in [0.2, 0.25) is 0 Å². The second-order valence-electron chi connectivity index (χ2n) is 5.10. The molecule has 1 N–H and O–H groups in total. The first-order chi connectivity index (χ1) is 8.20. The Morgan fingerprint density at radius 1 is 1.53 bits per heavy atom. The van der Waals surface area contributed by atoms with Gasteiger partial charge in [-0.3, -0.25) is 0 Å². The number of rotatable bonds is 4. The predicted molar refractivity (Wildman–Crippen MR) is 69.9 cm³/mol. The maximum atomic E-state index is 4.20. The average molecular weight is 236 g/mol. The van der Waals surface area contributed by atoms with Gasteiger partial charge >= 0.3 is 0 Å². The van der Waals surface area contributed by atoms with Crippen molar-refractivity contribution in [3.63, 3.8) is 0 Å². The SMILES string of the molecule is CCn1cncc1CNC1CCN(C)C(C)C1. The van der Waals surface area contributed by atoms with Crippen molar-refractivity contribution >= 4 is 0 Å². The number of nitrogens with zero attached hydrogens (tertiary/aromatic N) is 3. The summed E-state index contributed by atoms with van der Waals surface area (Å²) in [5.74, 6) is 0. The minimum atomic E-state index is 0.654. The maximum Gasteiger partial charge on any atom is 0.0948 e. The molecule has 1 aliphatic heterocycles. The average Bonchev–Trinajstić information content (AvgIpc) is 2.78. The molecule has 4 heteroatoms. The number of hydrogen-bond acceptors (Lipinski definition) is 3. The van der Waals surface area contributed by atoms with Gasteiger partial charge in [-0.05, 0) is 40.3 Å². The third-order valence-corrected chi connectivity index (χ3v) is 3.92. The predicted octanol–water partition coefficient (Wildman–Crippen LogP) is 1.48. The number of likely N-dealkylation sites (tertiary alicyclic amines) is 1. The lowest BCUT2D eigenvalue weighted by atomic mass is 9.99. The lowest BCUT2D eigenvalue weighted by molar-refractivity contribution is 0.167. The molecule has 0 aliphatic carbocycles. The summed E-state index contributed by atoms with van der Waals surface area (Å²) in [4.78, 5) is 6.64. The first kappa shape index (κ1) is 12.6. The van der Waals surface area contributed by atoms with Gasteiger partial charge in [-0.15, -0.1) is 0 Å². The van der Waals surface area contributed by atoms with Crippen molar-refractivity contribution in [3.05, 3.63) is 18.2 Å². The largest absolute Gasteiger partial charge is 0.334 e. The summed E-state index contributed by atoms with van der Waals surface area (Å²) in [5, 5.41) is 3.66. The van der Waals surface area contributed by atoms with Crippen molar-refractivity contribution in [1.29, 1.82) is 0 Å². The normalized spacial score (nSPS) is 26.3. The highest BCUT2D eigenvalue weighted by molar-refractivity contribution is 4.98. The summed E-state index contributed by atoms with van der Waals surface area (Å²) in [5.41, 5.74) is 1.29. The number of piperidine rings is 1. The van der Waals surface area contributed by atoms with E-state index >= 15 is 0 Å². The van der Waals surface area contributed by atoms with Crippen LogP contribution in [0, 0.1) is 0 Å². The molecule has 17 heavy (non-hydrogen) atoms. The molecule has 0 radical (unpaired) electrons. The van der Waals surface area contributed by atoms with Crippen LogP contribution in [0.4, 0.5) is 0 Å². The number of nitrogens with one attached hydrogen (secondary N) is 1. The Labute approximate surface area is 104 Å². The third kappa shape index (κ3) is 3.07. The van der Waals surface area contributed by atoms with Gasteiger partial charge in [-0.2, -0.15) is 0 Å². The molecule has 0 spiro atoms. The first-order valence-electron chi connectivity index (χ1n) is 6.63. The van der Waals surface area contributed by atoms with Crippen LogP contribution in [0.15, 0.2) is 12.5 Å². The molecule has 4 nitrogen and oxygen atoms in total. The standard InChI is InChI=1S/C13H24N4/c1-4-17-10-14-8-13(17)9-15-12-5-6-16(3)11(2)7-12/h8,10-12,15H,4-7,9H2,1-3H3. The van der Waals surface area contributed by atoms with Gasteiger partial charge in [-0.1, -0.05) is 0 Å². The molecule has 2 rings (SSSR count). The second kappa shape index (κ2) is 5.65. The van der Waals surface area contributed by atoms with E-state index in [0.717, 1.165) is 13.1 Å². The highest BCUT2D eigenvalue weighted by atomic mass is 15.1. The van der Waals surface area contributed by atoms with E-state index < -0.39 is 0 Å². The Bertz CT molecular complexity index is 347. The molecular formula is C13H24N4. The summed E-state index contributed by atoms with van der Waals surface area (Å²) in [7, 11) is 2.22. The molecule has 96 valence electrons. The van der Waals surface area contributed by atoms with Crippen LogP contribution in [0.5, 0.6) is 0 Å². The molecule has 2 heterocycles. The summed E-state index contributed by atoms with van der Waals surface area (Å²) >= 11 is 0. The van der Waals surface area contributed by atoms with Crippen LogP contribution in [-0.4, -0.2) is 40.1 Å². The molecule has 1 fully saturated rings. The second-order valence-corrected chi connectivity index (χ2v) is 5.10. The van der Waals surface area contributed by atoms with Crippen molar-refractivity contribution in [3.8, 4) is 0 Å². The van der Waals surface area contributed by atoms with Gasteiger partial charge in [0.1, 0.15) is 0 Å². The van der Waals surface area contributed by atoms with Gasteiger partial charge in [0.25, 0.3) is 0 Å². The number of imidazole rings is 1. The van der Waals surface area contributed by atoms with Crippen LogP contribution < -0.4 is 5.32 Å². The van der Waals surface area contributed by atoms with Gasteiger partial charge in [0, 0.05) is 31.4 Å². The molecule has 1 saturated heterocycles. The fourth-order valence-electron chi connectivity index (χ4n) is 2.50.